The smallest absolute Gasteiger partial charge is 0.475 e. The summed E-state index contributed by atoms with van der Waals surface area (Å²) in [6, 6.07) is 33.3. The number of carboxylic acid groups (broad SMARTS) is 1. The Bertz CT molecular complexity index is 3150. The van der Waals surface area contributed by atoms with Gasteiger partial charge in [0.05, 0.1) is 21.8 Å². The summed E-state index contributed by atoms with van der Waals surface area (Å²) < 4.78 is 62.6. The number of carboxylic acids is 1. The summed E-state index contributed by atoms with van der Waals surface area (Å²) in [5.74, 6) is -0.808. The van der Waals surface area contributed by atoms with E-state index in [0.717, 1.165) is 96.9 Å². The number of aliphatic carboxylic acids is 1. The van der Waals surface area contributed by atoms with E-state index < -0.39 is 12.1 Å². The van der Waals surface area contributed by atoms with Crippen LogP contribution in [0.5, 0.6) is 0 Å². The van der Waals surface area contributed by atoms with E-state index in [0.29, 0.717) is 58.8 Å². The van der Waals surface area contributed by atoms with Crippen molar-refractivity contribution in [3.63, 3.8) is 0 Å². The third-order valence-corrected chi connectivity index (χ3v) is 13.9. The molecule has 2 aliphatic rings. The van der Waals surface area contributed by atoms with Crippen LogP contribution in [0.2, 0.25) is 0 Å². The van der Waals surface area contributed by atoms with Gasteiger partial charge < -0.3 is 14.9 Å². The van der Waals surface area contributed by atoms with E-state index in [-0.39, 0.29) is 28.7 Å². The van der Waals surface area contributed by atoms with Crippen molar-refractivity contribution in [2.75, 3.05) is 26.2 Å². The van der Waals surface area contributed by atoms with Gasteiger partial charge in [-0.05, 0) is 149 Å². The third kappa shape index (κ3) is 13.0. The van der Waals surface area contributed by atoms with Gasteiger partial charge in [-0.25, -0.2) is 23.5 Å². The molecule has 2 unspecified atom stereocenters. The molecule has 2 atom stereocenters. The van der Waals surface area contributed by atoms with Crippen molar-refractivity contribution in [2.24, 2.45) is 11.8 Å². The Morgan fingerprint density at radius 3 is 1.48 bits per heavy atom. The summed E-state index contributed by atoms with van der Waals surface area (Å²) in [6.45, 7) is 20.7. The molecule has 15 heteroatoms. The number of piperidine rings is 2. The molecule has 4 heterocycles. The number of aromatic nitrogens is 4. The van der Waals surface area contributed by atoms with Crippen LogP contribution in [0.25, 0.3) is 55.4 Å². The van der Waals surface area contributed by atoms with Crippen LogP contribution in [0.3, 0.4) is 0 Å². The van der Waals surface area contributed by atoms with Gasteiger partial charge in [0, 0.05) is 49.7 Å². The maximum Gasteiger partial charge on any atom is 0.490 e. The van der Waals surface area contributed by atoms with Crippen LogP contribution in [-0.2, 0) is 17.9 Å². The zero-order valence-electron chi connectivity index (χ0n) is 42.6. The second-order valence-electron chi connectivity index (χ2n) is 20.1. The number of likely N-dealkylation sites (tertiary alicyclic amines) is 2. The van der Waals surface area contributed by atoms with Crippen molar-refractivity contribution in [1.29, 1.82) is 0 Å². The van der Waals surface area contributed by atoms with E-state index >= 15 is 0 Å². The number of nitrogens with zero attached hydrogens (tertiary/aromatic N) is 6. The largest absolute Gasteiger partial charge is 0.490 e. The van der Waals surface area contributed by atoms with Crippen molar-refractivity contribution in [2.45, 2.75) is 111 Å². The minimum atomic E-state index is -5.08. The molecule has 2 saturated heterocycles. The summed E-state index contributed by atoms with van der Waals surface area (Å²) in [5.41, 5.74) is 6.67. The quantitative estimate of drug-likeness (QED) is 0.135. The van der Waals surface area contributed by atoms with Crippen LogP contribution in [-0.4, -0.2) is 84.4 Å². The number of aryl methyl sites for hydroxylation is 1. The lowest BCUT2D eigenvalue weighted by atomic mass is 9.96. The standard InChI is InChI=1S/C30H32FN3O.C26H32FN3O.C2HF3O2/c1-20(2)33-17-7-9-22(18-33)19-34-29(25-10-5-4-8-21(25)3)32-27-12-6-11-26(28(27)30(34)35)23-13-15-24(31)16-14-23;1-17(2)25-28-23-9-5-8-22(20-10-12-21(27)13-11-20)24(23)26(31)30(25)16-19-7-6-14-29(15-19)18(3)4;3-2(4,5)1(6)7/h4-6,8,10-16,20,22H,7,9,17-19H2,1-3H3;5,8-13,17-19H,6-7,14-16H2,1-4H3;(H,6,7). The van der Waals surface area contributed by atoms with Crippen molar-refractivity contribution < 1.29 is 31.9 Å². The Morgan fingerprint density at radius 2 is 1.04 bits per heavy atom. The number of fused-ring (bicyclic) bond motifs is 2. The molecule has 0 saturated carbocycles. The normalized spacial score (nSPS) is 16.6. The minimum Gasteiger partial charge on any atom is -0.475 e. The molecule has 10 nitrogen and oxygen atoms in total. The van der Waals surface area contributed by atoms with Gasteiger partial charge in [0.1, 0.15) is 23.3 Å². The van der Waals surface area contributed by atoms with Gasteiger partial charge >= 0.3 is 12.1 Å². The Morgan fingerprint density at radius 1 is 0.616 bits per heavy atom. The number of rotatable bonds is 10. The predicted molar refractivity (Wildman–Crippen MR) is 280 cm³/mol. The lowest BCUT2D eigenvalue weighted by Gasteiger charge is -2.36. The first-order valence-electron chi connectivity index (χ1n) is 25.1. The van der Waals surface area contributed by atoms with Crippen molar-refractivity contribution >= 4 is 27.8 Å². The molecule has 386 valence electrons. The van der Waals surface area contributed by atoms with Gasteiger partial charge in [-0.15, -0.1) is 0 Å². The average Bonchev–Trinajstić information content (AvgIpc) is 3.36. The van der Waals surface area contributed by atoms with Gasteiger partial charge in [-0.2, -0.15) is 13.2 Å². The molecule has 1 N–H and O–H groups in total. The lowest BCUT2D eigenvalue weighted by Crippen LogP contribution is -2.42. The lowest BCUT2D eigenvalue weighted by molar-refractivity contribution is -0.192. The van der Waals surface area contributed by atoms with Gasteiger partial charge in [0.25, 0.3) is 11.1 Å². The SMILES string of the molecule is CC(C)c1nc2cccc(-c3ccc(F)cc3)c2c(=O)n1CC1CCCN(C(C)C)C1.Cc1ccccc1-c1nc2cccc(-c3ccc(F)cc3)c2c(=O)n1CC1CCCN(C(C)C)C1.O=C(O)C(F)(F)F. The van der Waals surface area contributed by atoms with E-state index in [1.54, 1.807) is 24.3 Å². The molecule has 0 bridgehead atoms. The predicted octanol–water partition coefficient (Wildman–Crippen LogP) is 12.4. The molecule has 0 spiro atoms. The molecule has 2 aliphatic heterocycles. The van der Waals surface area contributed by atoms with Crippen molar-refractivity contribution in [3.05, 3.63) is 153 Å². The molecular weight excluding hydrogens is 940 g/mol. The summed E-state index contributed by atoms with van der Waals surface area (Å²) >= 11 is 0. The molecule has 9 rings (SSSR count). The molecule has 0 amide bonds. The van der Waals surface area contributed by atoms with Crippen molar-refractivity contribution in [3.8, 4) is 33.6 Å². The minimum absolute atomic E-state index is 0.00953. The highest BCUT2D eigenvalue weighted by molar-refractivity contribution is 5.95. The maximum atomic E-state index is 14.2. The zero-order valence-corrected chi connectivity index (χ0v) is 42.6. The number of carbonyl (C=O) groups is 1. The van der Waals surface area contributed by atoms with E-state index in [1.165, 1.54) is 24.3 Å². The number of alkyl halides is 3. The first-order chi connectivity index (χ1) is 34.7. The second-order valence-corrected chi connectivity index (χ2v) is 20.1. The fourth-order valence-electron chi connectivity index (χ4n) is 10.0. The van der Waals surface area contributed by atoms with Crippen LogP contribution in [0.4, 0.5) is 22.0 Å². The number of halogens is 5. The summed E-state index contributed by atoms with van der Waals surface area (Å²) in [5, 5.41) is 8.34. The fourth-order valence-corrected chi connectivity index (χ4v) is 10.0. The Hall–Kier alpha value is -6.58. The summed E-state index contributed by atoms with van der Waals surface area (Å²) in [7, 11) is 0. The highest BCUT2D eigenvalue weighted by atomic mass is 19.4. The second kappa shape index (κ2) is 23.5. The van der Waals surface area contributed by atoms with Gasteiger partial charge in [0.2, 0.25) is 0 Å². The highest BCUT2D eigenvalue weighted by Crippen LogP contribution is 2.32. The fraction of sp³-hybridized carbons (Fsp3) is 0.397. The monoisotopic (exact) mass is 1000 g/mol. The van der Waals surface area contributed by atoms with E-state index in [9.17, 15) is 31.5 Å². The molecule has 0 radical (unpaired) electrons. The molecule has 0 aliphatic carbocycles. The van der Waals surface area contributed by atoms with Crippen LogP contribution < -0.4 is 11.1 Å². The van der Waals surface area contributed by atoms with Gasteiger partial charge in [0.15, 0.2) is 0 Å². The first kappa shape index (κ1) is 54.2. The van der Waals surface area contributed by atoms with Gasteiger partial charge in [-0.1, -0.05) is 86.6 Å². The molecule has 5 aromatic carbocycles. The molecular formula is C58H65F5N6O4. The Labute approximate surface area is 423 Å². The van der Waals surface area contributed by atoms with E-state index in [2.05, 4.69) is 64.3 Å². The molecule has 7 aromatic rings. The number of hydrogen-bond acceptors (Lipinski definition) is 7. The number of benzene rings is 5. The van der Waals surface area contributed by atoms with Crippen LogP contribution in [0, 0.1) is 30.4 Å². The van der Waals surface area contributed by atoms with E-state index in [4.69, 9.17) is 19.9 Å². The van der Waals surface area contributed by atoms with Crippen molar-refractivity contribution in [1.82, 2.24) is 28.9 Å². The zero-order chi connectivity index (χ0) is 52.7. The Balaban J connectivity index is 0.000000190. The first-order valence-corrected chi connectivity index (χ1v) is 25.1. The molecule has 2 aromatic heterocycles. The van der Waals surface area contributed by atoms with Gasteiger partial charge in [-0.3, -0.25) is 18.7 Å². The highest BCUT2D eigenvalue weighted by Gasteiger charge is 2.38. The van der Waals surface area contributed by atoms with Crippen LogP contribution in [0.1, 0.15) is 84.5 Å². The topological polar surface area (TPSA) is 114 Å². The Kier molecular flexibility index (Phi) is 17.5. The molecule has 73 heavy (non-hydrogen) atoms. The molecule has 2 fully saturated rings. The number of hydrogen-bond donors (Lipinski definition) is 1. The van der Waals surface area contributed by atoms with Crippen LogP contribution in [0.15, 0.2) is 119 Å². The summed E-state index contributed by atoms with van der Waals surface area (Å²) in [6.07, 6.45) is -0.555. The van der Waals surface area contributed by atoms with E-state index in [1.807, 2.05) is 63.7 Å². The maximum absolute atomic E-state index is 14.2. The van der Waals surface area contributed by atoms with Crippen LogP contribution >= 0.6 is 0 Å². The third-order valence-electron chi connectivity index (χ3n) is 13.9. The summed E-state index contributed by atoms with van der Waals surface area (Å²) in [4.78, 5) is 52.0. The average molecular weight is 1010 g/mol.